The van der Waals surface area contributed by atoms with E-state index in [0.29, 0.717) is 54.8 Å². The Hall–Kier alpha value is -4.27. The summed E-state index contributed by atoms with van der Waals surface area (Å²) >= 11 is 0. The molecule has 1 aliphatic rings. The number of ether oxygens (including phenoxy) is 4. The molecule has 2 aromatic carbocycles. The minimum Gasteiger partial charge on any atom is -0.497 e. The molecule has 1 aliphatic heterocycles. The standard InChI is InChI=1S/C25H24N4O5/c1-31-20-7-6-17(22(11-20)32-2)15-29-24-18(14-28-29)10-19(13-26-24)25(30)27-12-16-4-3-5-21-23(16)34-9-8-33-21/h3-7,10-11,13-14H,8-9,12,15H2,1-2H3,(H,27,30). The molecule has 2 aromatic heterocycles. The quantitative estimate of drug-likeness (QED) is 0.452. The van der Waals surface area contributed by atoms with Crippen molar-refractivity contribution in [3.8, 4) is 23.0 Å². The highest BCUT2D eigenvalue weighted by molar-refractivity contribution is 5.96. The number of aromatic nitrogens is 3. The van der Waals surface area contributed by atoms with E-state index >= 15 is 0 Å². The largest absolute Gasteiger partial charge is 0.497 e. The molecular formula is C25H24N4O5. The van der Waals surface area contributed by atoms with E-state index in [9.17, 15) is 4.79 Å². The van der Waals surface area contributed by atoms with Gasteiger partial charge in [0.15, 0.2) is 17.1 Å². The summed E-state index contributed by atoms with van der Waals surface area (Å²) in [4.78, 5) is 17.3. The molecule has 4 aromatic rings. The molecule has 0 fully saturated rings. The Balaban J connectivity index is 1.31. The van der Waals surface area contributed by atoms with E-state index in [0.717, 1.165) is 22.3 Å². The first-order valence-corrected chi connectivity index (χ1v) is 10.8. The van der Waals surface area contributed by atoms with Crippen LogP contribution in [0, 0.1) is 0 Å². The molecule has 0 bridgehead atoms. The van der Waals surface area contributed by atoms with Gasteiger partial charge in [0.25, 0.3) is 5.91 Å². The fourth-order valence-electron chi connectivity index (χ4n) is 3.91. The second-order valence-corrected chi connectivity index (χ2v) is 7.74. The minimum absolute atomic E-state index is 0.228. The Kier molecular flexibility index (Phi) is 5.90. The summed E-state index contributed by atoms with van der Waals surface area (Å²) in [6, 6.07) is 13.1. The van der Waals surface area contributed by atoms with Gasteiger partial charge >= 0.3 is 0 Å². The van der Waals surface area contributed by atoms with Crippen molar-refractivity contribution in [2.24, 2.45) is 0 Å². The van der Waals surface area contributed by atoms with Gasteiger partial charge in [-0.3, -0.25) is 4.79 Å². The van der Waals surface area contributed by atoms with Crippen molar-refractivity contribution in [1.82, 2.24) is 20.1 Å². The van der Waals surface area contributed by atoms with Crippen LogP contribution in [0.3, 0.4) is 0 Å². The van der Waals surface area contributed by atoms with Crippen molar-refractivity contribution in [2.45, 2.75) is 13.1 Å². The van der Waals surface area contributed by atoms with Crippen LogP contribution < -0.4 is 24.3 Å². The highest BCUT2D eigenvalue weighted by atomic mass is 16.6. The normalized spacial score (nSPS) is 12.4. The maximum Gasteiger partial charge on any atom is 0.253 e. The van der Waals surface area contributed by atoms with E-state index in [-0.39, 0.29) is 5.91 Å². The number of benzene rings is 2. The Bertz CT molecular complexity index is 1350. The van der Waals surface area contributed by atoms with Crippen LogP contribution in [0.25, 0.3) is 11.0 Å². The molecule has 9 heteroatoms. The molecule has 0 aliphatic carbocycles. The number of carbonyl (C=O) groups is 1. The molecule has 0 spiro atoms. The van der Waals surface area contributed by atoms with E-state index < -0.39 is 0 Å². The van der Waals surface area contributed by atoms with Gasteiger partial charge < -0.3 is 24.3 Å². The Labute approximate surface area is 196 Å². The summed E-state index contributed by atoms with van der Waals surface area (Å²) in [5.41, 5.74) is 2.93. The molecule has 1 N–H and O–H groups in total. The number of hydrogen-bond donors (Lipinski definition) is 1. The number of amides is 1. The van der Waals surface area contributed by atoms with E-state index in [1.54, 1.807) is 37.4 Å². The third-order valence-corrected chi connectivity index (χ3v) is 5.64. The van der Waals surface area contributed by atoms with Gasteiger partial charge in [-0.25, -0.2) is 9.67 Å². The lowest BCUT2D eigenvalue weighted by atomic mass is 10.1. The van der Waals surface area contributed by atoms with Crippen LogP contribution in [0.5, 0.6) is 23.0 Å². The van der Waals surface area contributed by atoms with Crippen molar-refractivity contribution in [1.29, 1.82) is 0 Å². The van der Waals surface area contributed by atoms with Crippen LogP contribution in [0.4, 0.5) is 0 Å². The van der Waals surface area contributed by atoms with Gasteiger partial charge in [-0.2, -0.15) is 5.10 Å². The van der Waals surface area contributed by atoms with Crippen LogP contribution >= 0.6 is 0 Å². The molecule has 0 atom stereocenters. The minimum atomic E-state index is -0.228. The molecule has 0 radical (unpaired) electrons. The van der Waals surface area contributed by atoms with Crippen molar-refractivity contribution in [3.05, 3.63) is 71.5 Å². The molecule has 34 heavy (non-hydrogen) atoms. The fourth-order valence-corrected chi connectivity index (χ4v) is 3.91. The van der Waals surface area contributed by atoms with Crippen LogP contribution in [0.1, 0.15) is 21.5 Å². The molecular weight excluding hydrogens is 436 g/mol. The maximum absolute atomic E-state index is 12.8. The highest BCUT2D eigenvalue weighted by Crippen LogP contribution is 2.33. The number of nitrogens with one attached hydrogen (secondary N) is 1. The Morgan fingerprint density at radius 2 is 1.94 bits per heavy atom. The SMILES string of the molecule is COc1ccc(Cn2ncc3cc(C(=O)NCc4cccc5c4OCCO5)cnc32)c(OC)c1. The average Bonchev–Trinajstić information content (AvgIpc) is 3.29. The highest BCUT2D eigenvalue weighted by Gasteiger charge is 2.17. The van der Waals surface area contributed by atoms with Gasteiger partial charge in [0, 0.05) is 35.3 Å². The average molecular weight is 460 g/mol. The van der Waals surface area contributed by atoms with Crippen molar-refractivity contribution < 1.29 is 23.7 Å². The number of hydrogen-bond acceptors (Lipinski definition) is 7. The maximum atomic E-state index is 12.8. The van der Waals surface area contributed by atoms with Crippen LogP contribution in [0.2, 0.25) is 0 Å². The lowest BCUT2D eigenvalue weighted by Gasteiger charge is -2.21. The molecule has 174 valence electrons. The summed E-state index contributed by atoms with van der Waals surface area (Å²) in [6.07, 6.45) is 3.26. The number of para-hydroxylation sites is 1. The lowest BCUT2D eigenvalue weighted by molar-refractivity contribution is 0.0949. The second kappa shape index (κ2) is 9.30. The zero-order valence-corrected chi connectivity index (χ0v) is 18.9. The Morgan fingerprint density at radius 3 is 2.79 bits per heavy atom. The number of nitrogens with zero attached hydrogens (tertiary/aromatic N) is 3. The van der Waals surface area contributed by atoms with Crippen LogP contribution in [-0.2, 0) is 13.1 Å². The third kappa shape index (κ3) is 4.19. The van der Waals surface area contributed by atoms with Gasteiger partial charge in [0.1, 0.15) is 24.7 Å². The lowest BCUT2D eigenvalue weighted by Crippen LogP contribution is -2.24. The van der Waals surface area contributed by atoms with Crippen LogP contribution in [-0.4, -0.2) is 48.1 Å². The zero-order chi connectivity index (χ0) is 23.5. The van der Waals surface area contributed by atoms with Crippen molar-refractivity contribution in [3.63, 3.8) is 0 Å². The van der Waals surface area contributed by atoms with Gasteiger partial charge in [-0.1, -0.05) is 12.1 Å². The van der Waals surface area contributed by atoms with Gasteiger partial charge in [0.2, 0.25) is 0 Å². The third-order valence-electron chi connectivity index (χ3n) is 5.64. The first-order chi connectivity index (χ1) is 16.7. The molecule has 5 rings (SSSR count). The predicted octanol–water partition coefficient (Wildman–Crippen LogP) is 3.20. The monoisotopic (exact) mass is 460 g/mol. The van der Waals surface area contributed by atoms with E-state index in [2.05, 4.69) is 15.4 Å². The number of rotatable bonds is 7. The molecule has 9 nitrogen and oxygen atoms in total. The topological polar surface area (TPSA) is 96.7 Å². The number of carbonyl (C=O) groups excluding carboxylic acids is 1. The number of fused-ring (bicyclic) bond motifs is 2. The first-order valence-electron chi connectivity index (χ1n) is 10.8. The van der Waals surface area contributed by atoms with Gasteiger partial charge in [-0.05, 0) is 24.3 Å². The van der Waals surface area contributed by atoms with Crippen molar-refractivity contribution in [2.75, 3.05) is 27.4 Å². The number of pyridine rings is 1. The summed E-state index contributed by atoms with van der Waals surface area (Å²) in [6.45, 7) is 1.80. The van der Waals surface area contributed by atoms with Gasteiger partial charge in [-0.15, -0.1) is 0 Å². The predicted molar refractivity (Wildman–Crippen MR) is 125 cm³/mol. The molecule has 0 saturated heterocycles. The fraction of sp³-hybridized carbons (Fsp3) is 0.240. The van der Waals surface area contributed by atoms with Gasteiger partial charge in [0.05, 0.1) is 32.5 Å². The summed E-state index contributed by atoms with van der Waals surface area (Å²) < 4.78 is 23.8. The molecule has 3 heterocycles. The summed E-state index contributed by atoms with van der Waals surface area (Å²) in [5, 5.41) is 8.16. The summed E-state index contributed by atoms with van der Waals surface area (Å²) in [7, 11) is 3.23. The first kappa shape index (κ1) is 21.6. The smallest absolute Gasteiger partial charge is 0.253 e. The van der Waals surface area contributed by atoms with Crippen molar-refractivity contribution >= 4 is 16.9 Å². The van der Waals surface area contributed by atoms with E-state index in [1.807, 2.05) is 36.4 Å². The summed E-state index contributed by atoms with van der Waals surface area (Å²) in [5.74, 6) is 2.57. The van der Waals surface area contributed by atoms with E-state index in [4.69, 9.17) is 18.9 Å². The second-order valence-electron chi connectivity index (χ2n) is 7.74. The van der Waals surface area contributed by atoms with Crippen LogP contribution in [0.15, 0.2) is 54.9 Å². The molecule has 0 unspecified atom stereocenters. The Morgan fingerprint density at radius 1 is 1.06 bits per heavy atom. The van der Waals surface area contributed by atoms with E-state index in [1.165, 1.54) is 0 Å². The number of methoxy groups -OCH3 is 2. The molecule has 0 saturated carbocycles. The molecule has 1 amide bonds. The zero-order valence-electron chi connectivity index (χ0n) is 18.9.